The van der Waals surface area contributed by atoms with Gasteiger partial charge < -0.3 is 9.64 Å². The first-order valence-electron chi connectivity index (χ1n) is 22.9. The second-order valence-corrected chi connectivity index (χ2v) is 20.9. The van der Waals surface area contributed by atoms with E-state index in [2.05, 4.69) is 208 Å². The van der Waals surface area contributed by atoms with Gasteiger partial charge in [0.05, 0.1) is 22.4 Å². The fraction of sp³-hybridized carbons (Fsp3) is 0.288. The third kappa shape index (κ3) is 5.68. The number of rotatable bonds is 4. The van der Waals surface area contributed by atoms with Crippen molar-refractivity contribution in [3.63, 3.8) is 0 Å². The van der Waals surface area contributed by atoms with Crippen molar-refractivity contribution in [3.8, 4) is 16.9 Å². The quantitative estimate of drug-likeness (QED) is 0.177. The molecule has 0 saturated carbocycles. The summed E-state index contributed by atoms with van der Waals surface area (Å²) in [4.78, 5) is 13.2. The van der Waals surface area contributed by atoms with Crippen LogP contribution in [0.5, 0.6) is 0 Å². The Labute approximate surface area is 378 Å². The normalized spacial score (nSPS) is 19.6. The van der Waals surface area contributed by atoms with Crippen LogP contribution in [-0.4, -0.2) is 21.0 Å². The summed E-state index contributed by atoms with van der Waals surface area (Å²) in [6, 6.07) is 43.3. The second-order valence-electron chi connectivity index (χ2n) is 20.9. The Bertz CT molecular complexity index is 3320. The van der Waals surface area contributed by atoms with Crippen LogP contribution in [0.25, 0.3) is 38.8 Å². The van der Waals surface area contributed by atoms with Gasteiger partial charge >= 0.3 is 0 Å². The van der Waals surface area contributed by atoms with Crippen molar-refractivity contribution in [3.05, 3.63) is 183 Å². The first-order chi connectivity index (χ1) is 30.4. The van der Waals surface area contributed by atoms with E-state index in [1.54, 1.807) is 0 Å². The van der Waals surface area contributed by atoms with Crippen LogP contribution in [0.2, 0.25) is 0 Å². The standard InChI is InChI=1S/C59H58N4O/c1-34-20-23-49-43(26-34)44-31-48-52(32-51(44)63(49)53-30-41(24-25-60-53)56(6,7)8)62(50-19-14-13-18-47(50)57(48,9)10)42-28-39(54-36(3)16-15-17-37(54)4)27-40(29-42)55-61-59(12)46-22-21-35(2)38(5)45(46)33-58(59,11)64-55/h13-32H,33H2,1-12H3/t58-,59+/m0/s1. The maximum absolute atomic E-state index is 7.23. The predicted octanol–water partition coefficient (Wildman–Crippen LogP) is 14.8. The number of hydrogen-bond acceptors (Lipinski definition) is 4. The van der Waals surface area contributed by atoms with Crippen LogP contribution in [0.3, 0.4) is 0 Å². The van der Waals surface area contributed by atoms with E-state index in [1.807, 2.05) is 6.20 Å². The summed E-state index contributed by atoms with van der Waals surface area (Å²) in [5, 5.41) is 2.46. The first kappa shape index (κ1) is 40.3. The number of fused-ring (bicyclic) bond motifs is 8. The Balaban J connectivity index is 1.20. The maximum Gasteiger partial charge on any atom is 0.217 e. The van der Waals surface area contributed by atoms with E-state index in [0.29, 0.717) is 5.90 Å². The van der Waals surface area contributed by atoms with Gasteiger partial charge in [0.25, 0.3) is 0 Å². The second kappa shape index (κ2) is 13.5. The van der Waals surface area contributed by atoms with Crippen LogP contribution in [0.4, 0.5) is 17.1 Å². The molecule has 5 nitrogen and oxygen atoms in total. The molecule has 6 aromatic carbocycles. The lowest BCUT2D eigenvalue weighted by Gasteiger charge is -2.42. The minimum absolute atomic E-state index is 0.0306. The van der Waals surface area contributed by atoms with Gasteiger partial charge in [-0.05, 0) is 176 Å². The molecule has 11 rings (SSSR count). The molecule has 0 unspecified atom stereocenters. The van der Waals surface area contributed by atoms with E-state index in [0.717, 1.165) is 45.8 Å². The molecule has 0 amide bonds. The molecule has 0 fully saturated rings. The summed E-state index contributed by atoms with van der Waals surface area (Å²) in [5.74, 6) is 1.62. The molecule has 2 atom stereocenters. The first-order valence-corrected chi connectivity index (χ1v) is 22.9. The van der Waals surface area contributed by atoms with Gasteiger partial charge in [-0.15, -0.1) is 0 Å². The fourth-order valence-electron chi connectivity index (χ4n) is 11.4. The summed E-state index contributed by atoms with van der Waals surface area (Å²) >= 11 is 0. The van der Waals surface area contributed by atoms with Gasteiger partial charge in [0.1, 0.15) is 17.0 Å². The Morgan fingerprint density at radius 1 is 0.625 bits per heavy atom. The van der Waals surface area contributed by atoms with Crippen molar-refractivity contribution in [1.82, 2.24) is 9.55 Å². The molecule has 2 aromatic heterocycles. The van der Waals surface area contributed by atoms with E-state index < -0.39 is 11.1 Å². The summed E-state index contributed by atoms with van der Waals surface area (Å²) in [6.07, 6.45) is 2.79. The van der Waals surface area contributed by atoms with Gasteiger partial charge in [-0.2, -0.15) is 0 Å². The highest BCUT2D eigenvalue weighted by atomic mass is 16.5. The lowest BCUT2D eigenvalue weighted by molar-refractivity contribution is 0.0476. The molecule has 64 heavy (non-hydrogen) atoms. The van der Waals surface area contributed by atoms with Gasteiger partial charge in [-0.3, -0.25) is 4.57 Å². The maximum atomic E-state index is 7.23. The minimum Gasteiger partial charge on any atom is -0.468 e. The molecule has 4 heterocycles. The third-order valence-electron chi connectivity index (χ3n) is 15.4. The number of pyridine rings is 1. The lowest BCUT2D eigenvalue weighted by atomic mass is 9.73. The highest BCUT2D eigenvalue weighted by Gasteiger charge is 2.59. The van der Waals surface area contributed by atoms with Gasteiger partial charge in [0.15, 0.2) is 0 Å². The molecule has 8 aromatic rings. The average molecular weight is 839 g/mol. The largest absolute Gasteiger partial charge is 0.468 e. The third-order valence-corrected chi connectivity index (χ3v) is 15.4. The van der Waals surface area contributed by atoms with Crippen LogP contribution in [0.15, 0.2) is 126 Å². The molecular formula is C59H58N4O. The molecule has 0 N–H and O–H groups in total. The zero-order chi connectivity index (χ0) is 44.8. The number of para-hydroxylation sites is 1. The molecule has 0 bridgehead atoms. The number of nitrogens with zero attached hydrogens (tertiary/aromatic N) is 4. The van der Waals surface area contributed by atoms with E-state index in [4.69, 9.17) is 14.7 Å². The summed E-state index contributed by atoms with van der Waals surface area (Å²) < 4.78 is 9.61. The number of aromatic nitrogens is 2. The lowest BCUT2D eigenvalue weighted by Crippen LogP contribution is -2.41. The molecule has 2 aliphatic heterocycles. The monoisotopic (exact) mass is 838 g/mol. The van der Waals surface area contributed by atoms with Crippen LogP contribution in [0, 0.1) is 34.6 Å². The number of hydrogen-bond donors (Lipinski definition) is 0. The summed E-state index contributed by atoms with van der Waals surface area (Å²) in [5.41, 5.74) is 20.5. The Morgan fingerprint density at radius 2 is 1.36 bits per heavy atom. The predicted molar refractivity (Wildman–Crippen MR) is 267 cm³/mol. The number of anilines is 3. The van der Waals surface area contributed by atoms with Crippen LogP contribution < -0.4 is 4.90 Å². The molecule has 1 aliphatic carbocycles. The van der Waals surface area contributed by atoms with E-state index >= 15 is 0 Å². The zero-order valence-corrected chi connectivity index (χ0v) is 39.5. The topological polar surface area (TPSA) is 42.7 Å². The highest BCUT2D eigenvalue weighted by molar-refractivity contribution is 6.12. The average Bonchev–Trinajstić information content (AvgIpc) is 3.79. The van der Waals surface area contributed by atoms with E-state index in [1.165, 1.54) is 77.7 Å². The van der Waals surface area contributed by atoms with Crippen molar-refractivity contribution >= 4 is 44.8 Å². The van der Waals surface area contributed by atoms with Gasteiger partial charge in [0.2, 0.25) is 5.90 Å². The number of benzene rings is 6. The molecule has 0 spiro atoms. The van der Waals surface area contributed by atoms with Crippen LogP contribution in [-0.2, 0) is 27.5 Å². The van der Waals surface area contributed by atoms with Crippen molar-refractivity contribution in [2.75, 3.05) is 4.90 Å². The summed E-state index contributed by atoms with van der Waals surface area (Å²) in [7, 11) is 0. The van der Waals surface area contributed by atoms with Gasteiger partial charge in [0, 0.05) is 40.1 Å². The minimum atomic E-state index is -0.519. The Morgan fingerprint density at radius 3 is 2.12 bits per heavy atom. The van der Waals surface area contributed by atoms with Crippen molar-refractivity contribution < 1.29 is 4.74 Å². The highest BCUT2D eigenvalue weighted by Crippen LogP contribution is 2.56. The zero-order valence-electron chi connectivity index (χ0n) is 39.5. The van der Waals surface area contributed by atoms with Crippen LogP contribution >= 0.6 is 0 Å². The van der Waals surface area contributed by atoms with Gasteiger partial charge in [-0.1, -0.05) is 94.8 Å². The fourth-order valence-corrected chi connectivity index (χ4v) is 11.4. The number of ether oxygens (including phenoxy) is 1. The molecule has 320 valence electrons. The molecular weight excluding hydrogens is 781 g/mol. The number of aryl methyl sites for hydroxylation is 4. The summed E-state index contributed by atoms with van der Waals surface area (Å²) in [6.45, 7) is 27.2. The number of aliphatic imine (C=N–C) groups is 1. The molecule has 0 saturated heterocycles. The molecule has 3 aliphatic rings. The van der Waals surface area contributed by atoms with Gasteiger partial charge in [-0.25, -0.2) is 9.98 Å². The van der Waals surface area contributed by atoms with E-state index in [-0.39, 0.29) is 10.8 Å². The van der Waals surface area contributed by atoms with Crippen molar-refractivity contribution in [1.29, 1.82) is 0 Å². The van der Waals surface area contributed by atoms with Crippen molar-refractivity contribution in [2.45, 2.75) is 111 Å². The Hall–Kier alpha value is -6.46. The molecule has 0 radical (unpaired) electrons. The smallest absolute Gasteiger partial charge is 0.217 e. The van der Waals surface area contributed by atoms with E-state index in [9.17, 15) is 0 Å². The molecule has 5 heteroatoms. The van der Waals surface area contributed by atoms with Crippen LogP contribution in [0.1, 0.15) is 110 Å². The van der Waals surface area contributed by atoms with Crippen molar-refractivity contribution in [2.24, 2.45) is 4.99 Å². The SMILES string of the molecule is Cc1ccc2c(c1)c1cc3c(cc1n2-c1cc(C(C)(C)C)ccn1)N(c1cc(C2=N[C@]4(C)c5ccc(C)c(C)c5C[C@]4(C)O2)cc(-c2c(C)cccc2C)c1)c1ccccc1C3(C)C. The Kier molecular flexibility index (Phi) is 8.52.